The van der Waals surface area contributed by atoms with Crippen molar-refractivity contribution in [3.8, 4) is 11.5 Å². The first-order valence-electron chi connectivity index (χ1n) is 10.2. The first kappa shape index (κ1) is 26.4. The van der Waals surface area contributed by atoms with Gasteiger partial charge in [-0.3, -0.25) is 0 Å². The van der Waals surface area contributed by atoms with Crippen LogP contribution >= 0.6 is 11.6 Å². The number of nitrogens with zero attached hydrogens (tertiary/aromatic N) is 1. The van der Waals surface area contributed by atoms with E-state index in [1.54, 1.807) is 0 Å². The third-order valence-electron chi connectivity index (χ3n) is 5.46. The Labute approximate surface area is 196 Å². The van der Waals surface area contributed by atoms with Crippen LogP contribution in [0.4, 0.5) is 26.3 Å². The molecule has 34 heavy (non-hydrogen) atoms. The highest BCUT2D eigenvalue weighted by Crippen LogP contribution is 2.40. The van der Waals surface area contributed by atoms with Gasteiger partial charge >= 0.3 is 12.5 Å². The molecule has 1 fully saturated rings. The fourth-order valence-corrected chi connectivity index (χ4v) is 3.93. The summed E-state index contributed by atoms with van der Waals surface area (Å²) in [7, 11) is 0. The van der Waals surface area contributed by atoms with Gasteiger partial charge in [0, 0.05) is 19.6 Å². The predicted molar refractivity (Wildman–Crippen MR) is 111 cm³/mol. The Hall–Kier alpha value is -2.21. The minimum Gasteiger partial charge on any atom is -0.491 e. The molecule has 1 atom stereocenters. The third-order valence-corrected chi connectivity index (χ3v) is 5.79. The quantitative estimate of drug-likeness (QED) is 0.511. The number of piperidine rings is 1. The molecule has 1 aliphatic heterocycles. The highest BCUT2D eigenvalue weighted by molar-refractivity contribution is 6.31. The average Bonchev–Trinajstić information content (AvgIpc) is 2.73. The molecule has 3 rings (SSSR count). The zero-order chi connectivity index (χ0) is 25.1. The van der Waals surface area contributed by atoms with Crippen LogP contribution in [0.5, 0.6) is 11.5 Å². The Morgan fingerprint density at radius 2 is 1.56 bits per heavy atom. The Bertz CT molecular complexity index is 959. The van der Waals surface area contributed by atoms with E-state index in [4.69, 9.17) is 16.3 Å². The number of aliphatic hydroxyl groups is 2. The number of likely N-dealkylation sites (tertiary alicyclic amines) is 1. The van der Waals surface area contributed by atoms with Gasteiger partial charge in [0.2, 0.25) is 0 Å². The number of ether oxygens (including phenoxy) is 2. The molecule has 0 aliphatic carbocycles. The molecular formula is C22H22ClF6NO4. The maximum atomic E-state index is 13.1. The molecule has 0 bridgehead atoms. The Morgan fingerprint density at radius 3 is 2.12 bits per heavy atom. The van der Waals surface area contributed by atoms with E-state index in [0.29, 0.717) is 13.1 Å². The van der Waals surface area contributed by atoms with Gasteiger partial charge < -0.3 is 24.6 Å². The van der Waals surface area contributed by atoms with Gasteiger partial charge in [0.15, 0.2) is 0 Å². The van der Waals surface area contributed by atoms with Gasteiger partial charge in [-0.2, -0.15) is 13.2 Å². The summed E-state index contributed by atoms with van der Waals surface area (Å²) >= 11 is 5.65. The molecule has 5 nitrogen and oxygen atoms in total. The average molecular weight is 514 g/mol. The Balaban J connectivity index is 1.49. The molecule has 2 N–H and O–H groups in total. The number of hydrogen-bond acceptors (Lipinski definition) is 5. The van der Waals surface area contributed by atoms with E-state index >= 15 is 0 Å². The largest absolute Gasteiger partial charge is 0.573 e. The Morgan fingerprint density at radius 1 is 0.971 bits per heavy atom. The number of hydrogen-bond donors (Lipinski definition) is 2. The van der Waals surface area contributed by atoms with Gasteiger partial charge in [0.1, 0.15) is 24.2 Å². The smallest absolute Gasteiger partial charge is 0.491 e. The summed E-state index contributed by atoms with van der Waals surface area (Å²) in [4.78, 5) is 1.84. The summed E-state index contributed by atoms with van der Waals surface area (Å²) in [5.41, 5.74) is -2.33. The van der Waals surface area contributed by atoms with Crippen LogP contribution in [0.25, 0.3) is 0 Å². The topological polar surface area (TPSA) is 62.2 Å². The lowest BCUT2D eigenvalue weighted by Crippen LogP contribution is -2.46. The molecule has 188 valence electrons. The van der Waals surface area contributed by atoms with Crippen molar-refractivity contribution in [1.29, 1.82) is 0 Å². The van der Waals surface area contributed by atoms with Gasteiger partial charge in [-0.1, -0.05) is 17.7 Å². The van der Waals surface area contributed by atoms with Crippen molar-refractivity contribution in [1.82, 2.24) is 4.90 Å². The third kappa shape index (κ3) is 7.14. The number of β-amino-alcohol motifs (C(OH)–C–C–N with tert-alkyl or cyclic N) is 1. The van der Waals surface area contributed by atoms with Crippen LogP contribution < -0.4 is 9.47 Å². The van der Waals surface area contributed by atoms with Gasteiger partial charge in [-0.05, 0) is 54.8 Å². The fraction of sp³-hybridized carbons (Fsp3) is 0.455. The van der Waals surface area contributed by atoms with Crippen LogP contribution in [0.3, 0.4) is 0 Å². The molecule has 0 amide bonds. The van der Waals surface area contributed by atoms with Crippen molar-refractivity contribution in [3.05, 3.63) is 58.6 Å². The van der Waals surface area contributed by atoms with E-state index in [2.05, 4.69) is 4.74 Å². The summed E-state index contributed by atoms with van der Waals surface area (Å²) in [6, 6.07) is 8.08. The monoisotopic (exact) mass is 513 g/mol. The lowest BCUT2D eigenvalue weighted by Gasteiger charge is -2.39. The molecule has 0 spiro atoms. The Kier molecular flexibility index (Phi) is 7.91. The predicted octanol–water partition coefficient (Wildman–Crippen LogP) is 4.98. The maximum Gasteiger partial charge on any atom is 0.573 e. The second kappa shape index (κ2) is 10.2. The lowest BCUT2D eigenvalue weighted by atomic mass is 9.83. The molecule has 12 heteroatoms. The molecular weight excluding hydrogens is 492 g/mol. The summed E-state index contributed by atoms with van der Waals surface area (Å²) in [5, 5.41) is 20.7. The van der Waals surface area contributed by atoms with Crippen LogP contribution in [0, 0.1) is 0 Å². The van der Waals surface area contributed by atoms with Gasteiger partial charge in [-0.15, -0.1) is 13.2 Å². The number of alkyl halides is 6. The SMILES string of the molecule is O[C@H](COc1ccc(OC(F)(F)F)cc1)CN1CCC(O)(c2ccc(Cl)c(C(F)(F)F)c2)CC1. The van der Waals surface area contributed by atoms with Crippen molar-refractivity contribution >= 4 is 11.6 Å². The van der Waals surface area contributed by atoms with Crippen molar-refractivity contribution in [2.75, 3.05) is 26.2 Å². The van der Waals surface area contributed by atoms with Gasteiger partial charge in [0.05, 0.1) is 16.2 Å². The van der Waals surface area contributed by atoms with Crippen molar-refractivity contribution < 1.29 is 46.0 Å². The number of benzene rings is 2. The first-order chi connectivity index (χ1) is 15.7. The molecule has 0 unspecified atom stereocenters. The van der Waals surface area contributed by atoms with Crippen LogP contribution in [0.2, 0.25) is 5.02 Å². The van der Waals surface area contributed by atoms with E-state index in [1.807, 2.05) is 4.90 Å². The highest BCUT2D eigenvalue weighted by atomic mass is 35.5. The normalized spacial score (nSPS) is 17.9. The number of rotatable bonds is 7. The van der Waals surface area contributed by atoms with Crippen LogP contribution in [-0.4, -0.2) is 53.8 Å². The fourth-order valence-electron chi connectivity index (χ4n) is 3.71. The molecule has 1 heterocycles. The molecule has 0 radical (unpaired) electrons. The highest BCUT2D eigenvalue weighted by Gasteiger charge is 2.38. The molecule has 1 aliphatic rings. The zero-order valence-corrected chi connectivity index (χ0v) is 18.4. The second-order valence-electron chi connectivity index (χ2n) is 8.01. The summed E-state index contributed by atoms with van der Waals surface area (Å²) in [5.74, 6) is -0.158. The second-order valence-corrected chi connectivity index (χ2v) is 8.42. The number of halogens is 7. The summed E-state index contributed by atoms with van der Waals surface area (Å²) in [6.45, 7) is 0.689. The molecule has 2 aromatic rings. The van der Waals surface area contributed by atoms with Crippen LogP contribution in [0.1, 0.15) is 24.0 Å². The molecule has 0 aromatic heterocycles. The maximum absolute atomic E-state index is 13.1. The van der Waals surface area contributed by atoms with Gasteiger partial charge in [-0.25, -0.2) is 0 Å². The minimum atomic E-state index is -4.80. The van der Waals surface area contributed by atoms with Gasteiger partial charge in [0.25, 0.3) is 0 Å². The van der Waals surface area contributed by atoms with E-state index in [0.717, 1.165) is 24.3 Å². The van der Waals surface area contributed by atoms with Crippen molar-refractivity contribution in [2.24, 2.45) is 0 Å². The minimum absolute atomic E-state index is 0.130. The molecule has 2 aromatic carbocycles. The van der Waals surface area contributed by atoms with E-state index in [1.165, 1.54) is 18.2 Å². The van der Waals surface area contributed by atoms with E-state index in [9.17, 15) is 36.6 Å². The summed E-state index contributed by atoms with van der Waals surface area (Å²) < 4.78 is 85.1. The van der Waals surface area contributed by atoms with E-state index < -0.39 is 40.6 Å². The van der Waals surface area contributed by atoms with Crippen LogP contribution in [0.15, 0.2) is 42.5 Å². The zero-order valence-electron chi connectivity index (χ0n) is 17.7. The molecule has 0 saturated carbocycles. The molecule has 1 saturated heterocycles. The van der Waals surface area contributed by atoms with E-state index in [-0.39, 0.29) is 37.3 Å². The standard InChI is InChI=1S/C22H22ClF6NO4/c23-19-6-1-14(11-18(19)21(24,25)26)20(32)7-9-30(10-8-20)12-15(31)13-33-16-2-4-17(5-3-16)34-22(27,28)29/h1-6,11,15,31-32H,7-10,12-13H2/t15-/m0/s1. The first-order valence-corrected chi connectivity index (χ1v) is 10.6. The van der Waals surface area contributed by atoms with Crippen LogP contribution in [-0.2, 0) is 11.8 Å². The number of aliphatic hydroxyl groups excluding tert-OH is 1. The van der Waals surface area contributed by atoms with Crippen molar-refractivity contribution in [3.63, 3.8) is 0 Å². The summed E-state index contributed by atoms with van der Waals surface area (Å²) in [6.07, 6.45) is -10.1. The van der Waals surface area contributed by atoms with Crippen molar-refractivity contribution in [2.45, 2.75) is 37.1 Å². The lowest BCUT2D eigenvalue weighted by molar-refractivity contribution is -0.274.